The summed E-state index contributed by atoms with van der Waals surface area (Å²) in [4.78, 5) is 22.4. The number of urea groups is 1. The van der Waals surface area contributed by atoms with Crippen molar-refractivity contribution in [3.8, 4) is 0 Å². The normalized spacial score (nSPS) is 13.9. The Labute approximate surface area is 114 Å². The maximum absolute atomic E-state index is 11.6. The first kappa shape index (κ1) is 17.7. The number of nitrogens with one attached hydrogen (secondary N) is 2. The molecule has 112 valence electrons. The summed E-state index contributed by atoms with van der Waals surface area (Å²) in [7, 11) is 0. The zero-order valence-corrected chi connectivity index (χ0v) is 12.0. The summed E-state index contributed by atoms with van der Waals surface area (Å²) >= 11 is 0. The van der Waals surface area contributed by atoms with Gasteiger partial charge in [-0.25, -0.2) is 9.59 Å². The predicted molar refractivity (Wildman–Crippen MR) is 72.9 cm³/mol. The van der Waals surface area contributed by atoms with Gasteiger partial charge in [0, 0.05) is 19.1 Å². The molecule has 0 bridgehead atoms. The predicted octanol–water partition coefficient (Wildman–Crippen LogP) is 1.34. The molecule has 6 nitrogen and oxygen atoms in total. The van der Waals surface area contributed by atoms with Crippen molar-refractivity contribution < 1.29 is 19.8 Å². The molecule has 0 aromatic heterocycles. The van der Waals surface area contributed by atoms with Gasteiger partial charge in [-0.1, -0.05) is 26.7 Å². The minimum atomic E-state index is -1.14. The van der Waals surface area contributed by atoms with Crippen LogP contribution in [0.5, 0.6) is 0 Å². The lowest BCUT2D eigenvalue weighted by molar-refractivity contribution is -0.139. The molecule has 0 rings (SSSR count). The third-order valence-corrected chi connectivity index (χ3v) is 2.82. The van der Waals surface area contributed by atoms with Crippen molar-refractivity contribution in [2.75, 3.05) is 6.61 Å². The van der Waals surface area contributed by atoms with Crippen molar-refractivity contribution in [2.45, 2.75) is 58.5 Å². The molecule has 0 fully saturated rings. The molecule has 0 aliphatic heterocycles. The molecule has 0 spiro atoms. The minimum absolute atomic E-state index is 0.00215. The summed E-state index contributed by atoms with van der Waals surface area (Å²) in [6.07, 6.45) is 3.00. The highest BCUT2D eigenvalue weighted by molar-refractivity contribution is 5.82. The van der Waals surface area contributed by atoms with Crippen LogP contribution in [0, 0.1) is 5.92 Å². The van der Waals surface area contributed by atoms with E-state index in [-0.39, 0.29) is 19.1 Å². The van der Waals surface area contributed by atoms with Crippen LogP contribution < -0.4 is 10.6 Å². The van der Waals surface area contributed by atoms with Gasteiger partial charge in [-0.05, 0) is 19.3 Å². The van der Waals surface area contributed by atoms with E-state index < -0.39 is 18.0 Å². The van der Waals surface area contributed by atoms with Gasteiger partial charge in [-0.2, -0.15) is 0 Å². The van der Waals surface area contributed by atoms with Gasteiger partial charge in [0.2, 0.25) is 0 Å². The van der Waals surface area contributed by atoms with E-state index in [4.69, 9.17) is 10.2 Å². The average molecular weight is 274 g/mol. The molecule has 0 aliphatic rings. The van der Waals surface area contributed by atoms with Crippen molar-refractivity contribution in [3.05, 3.63) is 0 Å². The van der Waals surface area contributed by atoms with Crippen LogP contribution in [0.25, 0.3) is 0 Å². The van der Waals surface area contributed by atoms with Crippen LogP contribution in [-0.2, 0) is 4.79 Å². The maximum Gasteiger partial charge on any atom is 0.326 e. The first-order valence-electron chi connectivity index (χ1n) is 6.77. The van der Waals surface area contributed by atoms with Gasteiger partial charge in [0.05, 0.1) is 0 Å². The Morgan fingerprint density at radius 3 is 2.16 bits per heavy atom. The Bertz CT molecular complexity index is 282. The van der Waals surface area contributed by atoms with E-state index in [1.165, 1.54) is 0 Å². The van der Waals surface area contributed by atoms with Gasteiger partial charge in [0.25, 0.3) is 0 Å². The molecule has 0 aromatic carbocycles. The third-order valence-electron chi connectivity index (χ3n) is 2.82. The topological polar surface area (TPSA) is 98.7 Å². The van der Waals surface area contributed by atoms with Crippen LogP contribution in [0.4, 0.5) is 4.79 Å². The summed E-state index contributed by atoms with van der Waals surface area (Å²) in [6, 6.07) is -1.55. The molecule has 0 heterocycles. The maximum atomic E-state index is 11.6. The average Bonchev–Trinajstić information content (AvgIpc) is 2.27. The monoisotopic (exact) mass is 274 g/mol. The molecule has 0 radical (unpaired) electrons. The van der Waals surface area contributed by atoms with Gasteiger partial charge in [-0.3, -0.25) is 0 Å². The number of rotatable bonds is 9. The lowest BCUT2D eigenvalue weighted by Crippen LogP contribution is -2.48. The molecule has 0 aromatic rings. The molecule has 6 heteroatoms. The van der Waals surface area contributed by atoms with Crippen LogP contribution in [0.3, 0.4) is 0 Å². The van der Waals surface area contributed by atoms with E-state index in [0.29, 0.717) is 5.92 Å². The molecular weight excluding hydrogens is 248 g/mol. The second-order valence-corrected chi connectivity index (χ2v) is 5.25. The molecule has 2 amide bonds. The number of carboxylic acid groups (broad SMARTS) is 1. The highest BCUT2D eigenvalue weighted by Gasteiger charge is 2.19. The Morgan fingerprint density at radius 2 is 1.68 bits per heavy atom. The van der Waals surface area contributed by atoms with E-state index in [1.54, 1.807) is 0 Å². The van der Waals surface area contributed by atoms with Crippen LogP contribution in [0.2, 0.25) is 0 Å². The SMILES string of the molecule is CC(C)CCCC(C)NC(=O)N[C@@H](CCO)C(=O)O. The number of carboxylic acids is 1. The van der Waals surface area contributed by atoms with Crippen LogP contribution >= 0.6 is 0 Å². The Morgan fingerprint density at radius 1 is 1.05 bits per heavy atom. The lowest BCUT2D eigenvalue weighted by atomic mass is 10.0. The number of carbonyl (C=O) groups excluding carboxylic acids is 1. The summed E-state index contributed by atoms with van der Waals surface area (Å²) in [5, 5.41) is 22.6. The zero-order chi connectivity index (χ0) is 14.8. The van der Waals surface area contributed by atoms with Gasteiger partial charge >= 0.3 is 12.0 Å². The van der Waals surface area contributed by atoms with Crippen molar-refractivity contribution in [1.29, 1.82) is 0 Å². The number of carbonyl (C=O) groups is 2. The summed E-state index contributed by atoms with van der Waals surface area (Å²) in [5.41, 5.74) is 0. The van der Waals surface area contributed by atoms with E-state index in [9.17, 15) is 9.59 Å². The molecule has 2 atom stereocenters. The van der Waals surface area contributed by atoms with Crippen molar-refractivity contribution >= 4 is 12.0 Å². The summed E-state index contributed by atoms with van der Waals surface area (Å²) < 4.78 is 0. The van der Waals surface area contributed by atoms with Gasteiger partial charge < -0.3 is 20.8 Å². The second-order valence-electron chi connectivity index (χ2n) is 5.25. The van der Waals surface area contributed by atoms with E-state index in [1.807, 2.05) is 6.92 Å². The van der Waals surface area contributed by atoms with Crippen molar-refractivity contribution in [2.24, 2.45) is 5.92 Å². The summed E-state index contributed by atoms with van der Waals surface area (Å²) in [6.45, 7) is 5.91. The number of aliphatic hydroxyl groups excluding tert-OH is 1. The largest absolute Gasteiger partial charge is 0.480 e. The van der Waals surface area contributed by atoms with Crippen LogP contribution in [0.1, 0.15) is 46.5 Å². The molecule has 19 heavy (non-hydrogen) atoms. The van der Waals surface area contributed by atoms with Gasteiger partial charge in [-0.15, -0.1) is 0 Å². The van der Waals surface area contributed by atoms with Gasteiger partial charge in [0.15, 0.2) is 0 Å². The number of hydrogen-bond donors (Lipinski definition) is 4. The van der Waals surface area contributed by atoms with E-state index in [2.05, 4.69) is 24.5 Å². The highest BCUT2D eigenvalue weighted by atomic mass is 16.4. The van der Waals surface area contributed by atoms with E-state index in [0.717, 1.165) is 19.3 Å². The van der Waals surface area contributed by atoms with Crippen molar-refractivity contribution in [1.82, 2.24) is 10.6 Å². The first-order chi connectivity index (χ1) is 8.86. The Balaban J connectivity index is 3.97. The fraction of sp³-hybridized carbons (Fsp3) is 0.846. The molecule has 0 saturated carbocycles. The first-order valence-corrected chi connectivity index (χ1v) is 6.77. The van der Waals surface area contributed by atoms with E-state index >= 15 is 0 Å². The van der Waals surface area contributed by atoms with Crippen LogP contribution in [0.15, 0.2) is 0 Å². The zero-order valence-electron chi connectivity index (χ0n) is 12.0. The third kappa shape index (κ3) is 9.30. The minimum Gasteiger partial charge on any atom is -0.480 e. The highest BCUT2D eigenvalue weighted by Crippen LogP contribution is 2.08. The Hall–Kier alpha value is -1.30. The molecule has 1 unspecified atom stereocenters. The molecule has 4 N–H and O–H groups in total. The molecule has 0 saturated heterocycles. The second kappa shape index (κ2) is 9.61. The van der Waals surface area contributed by atoms with Crippen molar-refractivity contribution in [3.63, 3.8) is 0 Å². The lowest BCUT2D eigenvalue weighted by Gasteiger charge is -2.18. The number of aliphatic carboxylic acids is 1. The smallest absolute Gasteiger partial charge is 0.326 e. The fourth-order valence-corrected chi connectivity index (χ4v) is 1.71. The quantitative estimate of drug-likeness (QED) is 0.510. The fourth-order valence-electron chi connectivity index (χ4n) is 1.71. The van der Waals surface area contributed by atoms with Gasteiger partial charge in [0.1, 0.15) is 6.04 Å². The molecule has 0 aliphatic carbocycles. The van der Waals surface area contributed by atoms with Crippen LogP contribution in [-0.4, -0.2) is 40.9 Å². The molecular formula is C13H26N2O4. The number of amides is 2. The number of hydrogen-bond acceptors (Lipinski definition) is 3. The summed E-state index contributed by atoms with van der Waals surface area (Å²) in [5.74, 6) is -0.501. The standard InChI is InChI=1S/C13H26N2O4/c1-9(2)5-4-6-10(3)14-13(19)15-11(7-8-16)12(17)18/h9-11,16H,4-8H2,1-3H3,(H,17,18)(H2,14,15,19)/t10?,11-/m0/s1. The number of aliphatic hydroxyl groups is 1. The Kier molecular flexibility index (Phi) is 8.95.